The number of quaternary nitrogens is 1. The molecule has 0 aromatic carbocycles. The van der Waals surface area contributed by atoms with E-state index in [-0.39, 0.29) is 13.2 Å². The largest absolute Gasteiger partial charge is 0.465 e. The van der Waals surface area contributed by atoms with Crippen LogP contribution in [0, 0.1) is 5.41 Å². The summed E-state index contributed by atoms with van der Waals surface area (Å²) in [5.41, 5.74) is -0.961. The van der Waals surface area contributed by atoms with Crippen molar-refractivity contribution in [2.75, 3.05) is 54.6 Å². The Morgan fingerprint density at radius 1 is 1.10 bits per heavy atom. The third kappa shape index (κ3) is 8.12. The Hall–Kier alpha value is -1.14. The number of ether oxygens (including phenoxy) is 3. The van der Waals surface area contributed by atoms with Gasteiger partial charge in [-0.1, -0.05) is 0 Å². The monoisotopic (exact) mass is 290 g/mol. The lowest BCUT2D eigenvalue weighted by molar-refractivity contribution is -0.870. The normalized spacial score (nSPS) is 14.5. The number of carbonyl (C=O) groups excluding carboxylic acids is 2. The fraction of sp³-hybridized carbons (Fsp3) is 0.857. The van der Waals surface area contributed by atoms with E-state index < -0.39 is 17.4 Å². The quantitative estimate of drug-likeness (QED) is 0.358. The molecule has 0 rings (SSSR count). The molecule has 20 heavy (non-hydrogen) atoms. The Morgan fingerprint density at radius 3 is 2.15 bits per heavy atom. The van der Waals surface area contributed by atoms with E-state index in [1.807, 2.05) is 0 Å². The molecule has 0 radical (unpaired) electrons. The third-order valence-corrected chi connectivity index (χ3v) is 2.76. The molecule has 0 saturated carbocycles. The van der Waals surface area contributed by atoms with Crippen molar-refractivity contribution in [3.63, 3.8) is 0 Å². The second-order valence-electron chi connectivity index (χ2n) is 6.28. The SMILES string of the molecule is COCC(C)(COC(C)=O)C(=O)OCCC[N+](C)(C)C. The van der Waals surface area contributed by atoms with Crippen molar-refractivity contribution in [3.05, 3.63) is 0 Å². The summed E-state index contributed by atoms with van der Waals surface area (Å²) in [5.74, 6) is -0.827. The van der Waals surface area contributed by atoms with Crippen molar-refractivity contribution in [2.45, 2.75) is 20.3 Å². The first-order chi connectivity index (χ1) is 9.10. The average Bonchev–Trinajstić information content (AvgIpc) is 2.31. The molecule has 118 valence electrons. The van der Waals surface area contributed by atoms with E-state index in [1.54, 1.807) is 6.92 Å². The molecule has 6 nitrogen and oxygen atoms in total. The topological polar surface area (TPSA) is 61.8 Å². The van der Waals surface area contributed by atoms with Crippen LogP contribution in [0.4, 0.5) is 0 Å². The lowest BCUT2D eigenvalue weighted by Gasteiger charge is -2.27. The molecular weight excluding hydrogens is 262 g/mol. The molecule has 0 spiro atoms. The van der Waals surface area contributed by atoms with Crippen LogP contribution in [0.1, 0.15) is 20.3 Å². The Kier molecular flexibility index (Phi) is 7.75. The lowest BCUT2D eigenvalue weighted by atomic mass is 9.93. The van der Waals surface area contributed by atoms with Gasteiger partial charge >= 0.3 is 11.9 Å². The van der Waals surface area contributed by atoms with Gasteiger partial charge in [0, 0.05) is 20.5 Å². The average molecular weight is 290 g/mol. The number of rotatable bonds is 9. The van der Waals surface area contributed by atoms with Gasteiger partial charge in [-0.15, -0.1) is 0 Å². The Morgan fingerprint density at radius 2 is 1.70 bits per heavy atom. The molecule has 0 amide bonds. The molecule has 0 aliphatic carbocycles. The summed E-state index contributed by atoms with van der Waals surface area (Å²) in [4.78, 5) is 23.0. The molecule has 0 aliphatic rings. The number of esters is 2. The summed E-state index contributed by atoms with van der Waals surface area (Å²) < 4.78 is 16.0. The maximum Gasteiger partial charge on any atom is 0.317 e. The zero-order chi connectivity index (χ0) is 15.8. The van der Waals surface area contributed by atoms with E-state index >= 15 is 0 Å². The van der Waals surface area contributed by atoms with E-state index in [9.17, 15) is 9.59 Å². The maximum absolute atomic E-state index is 12.1. The van der Waals surface area contributed by atoms with Crippen LogP contribution >= 0.6 is 0 Å². The zero-order valence-electron chi connectivity index (χ0n) is 13.5. The summed E-state index contributed by atoms with van der Waals surface area (Å²) in [6.45, 7) is 4.35. The van der Waals surface area contributed by atoms with Gasteiger partial charge in [-0.05, 0) is 6.92 Å². The van der Waals surface area contributed by atoms with Crippen molar-refractivity contribution in [3.8, 4) is 0 Å². The van der Waals surface area contributed by atoms with Gasteiger partial charge in [0.05, 0.1) is 40.9 Å². The van der Waals surface area contributed by atoms with Gasteiger partial charge in [0.2, 0.25) is 0 Å². The van der Waals surface area contributed by atoms with Gasteiger partial charge in [-0.2, -0.15) is 0 Å². The number of methoxy groups -OCH3 is 1. The standard InChI is InChI=1S/C14H28NO5/c1-12(16)20-11-14(2,10-18-6)13(17)19-9-7-8-15(3,4)5/h7-11H2,1-6H3/q+1. The molecule has 0 heterocycles. The molecule has 0 fully saturated rings. The fourth-order valence-electron chi connectivity index (χ4n) is 1.62. The predicted octanol–water partition coefficient (Wildman–Crippen LogP) is 0.842. The second-order valence-corrected chi connectivity index (χ2v) is 6.28. The summed E-state index contributed by atoms with van der Waals surface area (Å²) in [6.07, 6.45) is 0.784. The molecule has 0 saturated heterocycles. The van der Waals surface area contributed by atoms with Gasteiger partial charge in [0.1, 0.15) is 12.0 Å². The summed E-state index contributed by atoms with van der Waals surface area (Å²) in [6, 6.07) is 0. The molecule has 0 aliphatic heterocycles. The van der Waals surface area contributed by atoms with Crippen molar-refractivity contribution >= 4 is 11.9 Å². The van der Waals surface area contributed by atoms with Crippen LogP contribution in [0.15, 0.2) is 0 Å². The summed E-state index contributed by atoms with van der Waals surface area (Å²) >= 11 is 0. The van der Waals surface area contributed by atoms with Gasteiger partial charge in [0.25, 0.3) is 0 Å². The Bertz CT molecular complexity index is 324. The number of nitrogens with zero attached hydrogens (tertiary/aromatic N) is 1. The van der Waals surface area contributed by atoms with E-state index in [0.29, 0.717) is 6.61 Å². The van der Waals surface area contributed by atoms with Crippen LogP contribution < -0.4 is 0 Å². The Labute approximate surface area is 121 Å². The van der Waals surface area contributed by atoms with Crippen LogP contribution in [0.2, 0.25) is 0 Å². The highest BCUT2D eigenvalue weighted by molar-refractivity contribution is 5.77. The van der Waals surface area contributed by atoms with Gasteiger partial charge in [-0.25, -0.2) is 0 Å². The molecule has 0 aromatic rings. The predicted molar refractivity (Wildman–Crippen MR) is 75.1 cm³/mol. The van der Waals surface area contributed by atoms with Crippen molar-refractivity contribution in [1.29, 1.82) is 0 Å². The first-order valence-electron chi connectivity index (χ1n) is 6.71. The van der Waals surface area contributed by atoms with E-state index in [0.717, 1.165) is 17.4 Å². The molecular formula is C14H28NO5+. The minimum Gasteiger partial charge on any atom is -0.465 e. The highest BCUT2D eigenvalue weighted by atomic mass is 16.6. The molecule has 0 aromatic heterocycles. The van der Waals surface area contributed by atoms with Crippen molar-refractivity contribution in [1.82, 2.24) is 0 Å². The second kappa shape index (κ2) is 8.21. The van der Waals surface area contributed by atoms with Crippen LogP contribution in [-0.2, 0) is 23.8 Å². The molecule has 0 N–H and O–H groups in total. The smallest absolute Gasteiger partial charge is 0.317 e. The zero-order valence-corrected chi connectivity index (χ0v) is 13.5. The van der Waals surface area contributed by atoms with E-state index in [2.05, 4.69) is 21.1 Å². The minimum atomic E-state index is -0.961. The van der Waals surface area contributed by atoms with Gasteiger partial charge < -0.3 is 18.7 Å². The molecule has 1 unspecified atom stereocenters. The Balaban J connectivity index is 4.31. The van der Waals surface area contributed by atoms with Crippen molar-refractivity contribution < 1.29 is 28.3 Å². The van der Waals surface area contributed by atoms with E-state index in [1.165, 1.54) is 14.0 Å². The first-order valence-corrected chi connectivity index (χ1v) is 6.71. The first kappa shape index (κ1) is 18.9. The molecule has 0 bridgehead atoms. The molecule has 6 heteroatoms. The minimum absolute atomic E-state index is 0.0374. The third-order valence-electron chi connectivity index (χ3n) is 2.76. The summed E-state index contributed by atoms with van der Waals surface area (Å²) in [7, 11) is 7.74. The highest BCUT2D eigenvalue weighted by Crippen LogP contribution is 2.20. The number of hydrogen-bond acceptors (Lipinski definition) is 5. The fourth-order valence-corrected chi connectivity index (χ4v) is 1.62. The maximum atomic E-state index is 12.1. The summed E-state index contributed by atoms with van der Waals surface area (Å²) in [5, 5.41) is 0. The van der Waals surface area contributed by atoms with Crippen LogP contribution in [0.3, 0.4) is 0 Å². The van der Waals surface area contributed by atoms with Crippen LogP contribution in [0.25, 0.3) is 0 Å². The number of carbonyl (C=O) groups is 2. The molecule has 1 atom stereocenters. The lowest BCUT2D eigenvalue weighted by Crippen LogP contribution is -2.40. The number of hydrogen-bond donors (Lipinski definition) is 0. The van der Waals surface area contributed by atoms with Crippen LogP contribution in [-0.4, -0.2) is 71.0 Å². The van der Waals surface area contributed by atoms with Gasteiger partial charge in [0.15, 0.2) is 0 Å². The van der Waals surface area contributed by atoms with Crippen LogP contribution in [0.5, 0.6) is 0 Å². The van der Waals surface area contributed by atoms with Gasteiger partial charge in [-0.3, -0.25) is 9.59 Å². The van der Waals surface area contributed by atoms with Crippen molar-refractivity contribution in [2.24, 2.45) is 5.41 Å². The van der Waals surface area contributed by atoms with E-state index in [4.69, 9.17) is 14.2 Å². The highest BCUT2D eigenvalue weighted by Gasteiger charge is 2.36.